The summed E-state index contributed by atoms with van der Waals surface area (Å²) in [5, 5.41) is 9.46. The van der Waals surface area contributed by atoms with E-state index in [4.69, 9.17) is 19.9 Å². The fraction of sp³-hybridized carbons (Fsp3) is 0.545. The van der Waals surface area contributed by atoms with Crippen molar-refractivity contribution in [3.8, 4) is 11.5 Å². The van der Waals surface area contributed by atoms with E-state index in [0.29, 0.717) is 5.56 Å². The summed E-state index contributed by atoms with van der Waals surface area (Å²) in [6, 6.07) is 3.01. The minimum absolute atomic E-state index is 0.0127. The number of ether oxygens (including phenoxy) is 3. The van der Waals surface area contributed by atoms with E-state index in [9.17, 15) is 24.3 Å². The molecule has 0 amide bonds. The van der Waals surface area contributed by atoms with Crippen molar-refractivity contribution in [2.24, 2.45) is 11.1 Å². The van der Waals surface area contributed by atoms with Gasteiger partial charge in [-0.15, -0.1) is 0 Å². The maximum Gasteiger partial charge on any atom is 0.321 e. The van der Waals surface area contributed by atoms with Crippen LogP contribution in [-0.4, -0.2) is 41.1 Å². The molecule has 1 aromatic carbocycles. The van der Waals surface area contributed by atoms with Crippen LogP contribution in [0.2, 0.25) is 0 Å². The summed E-state index contributed by atoms with van der Waals surface area (Å²) in [6.07, 6.45) is -0.285. The summed E-state index contributed by atoms with van der Waals surface area (Å²) >= 11 is 0. The van der Waals surface area contributed by atoms with Crippen molar-refractivity contribution in [2.75, 3.05) is 0 Å². The van der Waals surface area contributed by atoms with Crippen LogP contribution < -0.4 is 15.2 Å². The van der Waals surface area contributed by atoms with Gasteiger partial charge >= 0.3 is 23.9 Å². The van der Waals surface area contributed by atoms with Gasteiger partial charge in [0.2, 0.25) is 0 Å². The molecule has 172 valence electrons. The van der Waals surface area contributed by atoms with Gasteiger partial charge in [0, 0.05) is 19.8 Å². The quantitative estimate of drug-likeness (QED) is 0.440. The van der Waals surface area contributed by atoms with Crippen LogP contribution in [0, 0.1) is 5.41 Å². The molecular formula is C22H31NO8. The molecule has 1 aromatic rings. The van der Waals surface area contributed by atoms with Crippen LogP contribution >= 0.6 is 0 Å². The Labute approximate surface area is 181 Å². The van der Waals surface area contributed by atoms with Crippen molar-refractivity contribution in [3.05, 3.63) is 23.8 Å². The van der Waals surface area contributed by atoms with Gasteiger partial charge in [0.25, 0.3) is 0 Å². The topological polar surface area (TPSA) is 142 Å². The van der Waals surface area contributed by atoms with E-state index >= 15 is 0 Å². The number of aliphatic carboxylic acids is 1. The average molecular weight is 437 g/mol. The zero-order chi connectivity index (χ0) is 23.9. The van der Waals surface area contributed by atoms with Crippen LogP contribution in [0.25, 0.3) is 0 Å². The molecule has 0 saturated carbocycles. The van der Waals surface area contributed by atoms with E-state index in [1.807, 2.05) is 20.8 Å². The van der Waals surface area contributed by atoms with E-state index in [-0.39, 0.29) is 29.8 Å². The standard InChI is InChI=1S/C22H31NO8/c1-12(29-19(26)11-22(4,5)6)9-16(20(23)21(27)28)15-7-8-17(30-13(2)24)18(10-15)31-14(3)25/h7-8,10,12,16,20H,9,11,23H2,1-6H3,(H,27,28)/t12?,16?,20-/m0/s1. The lowest BCUT2D eigenvalue weighted by Gasteiger charge is -2.26. The third-order valence-corrected chi connectivity index (χ3v) is 4.22. The number of carboxylic acids is 1. The zero-order valence-corrected chi connectivity index (χ0v) is 18.8. The highest BCUT2D eigenvalue weighted by molar-refractivity contribution is 5.76. The molecule has 3 N–H and O–H groups in total. The van der Waals surface area contributed by atoms with E-state index in [1.54, 1.807) is 6.92 Å². The highest BCUT2D eigenvalue weighted by Gasteiger charge is 2.30. The average Bonchev–Trinajstić information content (AvgIpc) is 2.57. The maximum absolute atomic E-state index is 12.1. The van der Waals surface area contributed by atoms with Crippen molar-refractivity contribution in [1.82, 2.24) is 0 Å². The molecule has 9 heteroatoms. The van der Waals surface area contributed by atoms with E-state index in [1.165, 1.54) is 32.0 Å². The van der Waals surface area contributed by atoms with Crippen molar-refractivity contribution in [1.29, 1.82) is 0 Å². The normalized spacial score (nSPS) is 14.2. The Hall–Kier alpha value is -2.94. The summed E-state index contributed by atoms with van der Waals surface area (Å²) in [4.78, 5) is 46.5. The molecule has 0 spiro atoms. The van der Waals surface area contributed by atoms with Crippen LogP contribution in [0.4, 0.5) is 0 Å². The molecular weight excluding hydrogens is 406 g/mol. The fourth-order valence-corrected chi connectivity index (χ4v) is 3.00. The zero-order valence-electron chi connectivity index (χ0n) is 18.8. The second-order valence-corrected chi connectivity index (χ2v) is 8.64. The molecule has 0 radical (unpaired) electrons. The van der Waals surface area contributed by atoms with E-state index < -0.39 is 41.9 Å². The van der Waals surface area contributed by atoms with Crippen LogP contribution in [0.5, 0.6) is 11.5 Å². The summed E-state index contributed by atoms with van der Waals surface area (Å²) in [7, 11) is 0. The number of carbonyl (C=O) groups excluding carboxylic acids is 3. The third kappa shape index (κ3) is 9.17. The van der Waals surface area contributed by atoms with Crippen LogP contribution in [-0.2, 0) is 23.9 Å². The first kappa shape index (κ1) is 26.1. The summed E-state index contributed by atoms with van der Waals surface area (Å²) in [5.41, 5.74) is 6.09. The third-order valence-electron chi connectivity index (χ3n) is 4.22. The number of benzene rings is 1. The Balaban J connectivity index is 3.20. The fourth-order valence-electron chi connectivity index (χ4n) is 3.00. The first-order chi connectivity index (χ1) is 14.2. The molecule has 0 aromatic heterocycles. The molecule has 0 aliphatic carbocycles. The largest absolute Gasteiger partial charge is 0.480 e. The van der Waals surface area contributed by atoms with Crippen LogP contribution in [0.15, 0.2) is 18.2 Å². The molecule has 2 unspecified atom stereocenters. The number of nitrogens with two attached hydrogens (primary N) is 1. The highest BCUT2D eigenvalue weighted by atomic mass is 16.6. The molecule has 0 fully saturated rings. The Morgan fingerprint density at radius 2 is 1.58 bits per heavy atom. The number of rotatable bonds is 9. The molecule has 0 aliphatic heterocycles. The molecule has 31 heavy (non-hydrogen) atoms. The Morgan fingerprint density at radius 3 is 2.06 bits per heavy atom. The van der Waals surface area contributed by atoms with Gasteiger partial charge in [-0.3, -0.25) is 19.2 Å². The molecule has 3 atom stereocenters. The molecule has 9 nitrogen and oxygen atoms in total. The second kappa shape index (κ2) is 10.9. The predicted octanol–water partition coefficient (Wildman–Crippen LogP) is 2.79. The molecule has 0 bridgehead atoms. The number of esters is 3. The molecule has 0 heterocycles. The van der Waals surface area contributed by atoms with Gasteiger partial charge in [-0.1, -0.05) is 26.8 Å². The van der Waals surface area contributed by atoms with Crippen LogP contribution in [0.3, 0.4) is 0 Å². The van der Waals surface area contributed by atoms with E-state index in [2.05, 4.69) is 0 Å². The van der Waals surface area contributed by atoms with Gasteiger partial charge in [-0.2, -0.15) is 0 Å². The summed E-state index contributed by atoms with van der Waals surface area (Å²) in [6.45, 7) is 9.75. The predicted molar refractivity (Wildman–Crippen MR) is 112 cm³/mol. The monoisotopic (exact) mass is 437 g/mol. The Kier molecular flexibility index (Phi) is 9.18. The minimum Gasteiger partial charge on any atom is -0.480 e. The highest BCUT2D eigenvalue weighted by Crippen LogP contribution is 2.35. The first-order valence-electron chi connectivity index (χ1n) is 9.88. The van der Waals surface area contributed by atoms with E-state index in [0.717, 1.165) is 0 Å². The molecule has 0 saturated heterocycles. The Bertz CT molecular complexity index is 827. The summed E-state index contributed by atoms with van der Waals surface area (Å²) in [5.74, 6) is -3.69. The number of carbonyl (C=O) groups is 4. The van der Waals surface area contributed by atoms with Crippen molar-refractivity contribution < 1.29 is 38.5 Å². The maximum atomic E-state index is 12.1. The van der Waals surface area contributed by atoms with Crippen molar-refractivity contribution in [3.63, 3.8) is 0 Å². The minimum atomic E-state index is -1.31. The Morgan fingerprint density at radius 1 is 1.03 bits per heavy atom. The van der Waals surface area contributed by atoms with Crippen LogP contribution in [0.1, 0.15) is 65.9 Å². The van der Waals surface area contributed by atoms with Crippen molar-refractivity contribution >= 4 is 23.9 Å². The van der Waals surface area contributed by atoms with Gasteiger partial charge in [-0.25, -0.2) is 0 Å². The number of hydrogen-bond donors (Lipinski definition) is 2. The molecule has 0 aliphatic rings. The van der Waals surface area contributed by atoms with Gasteiger partial charge in [-0.05, 0) is 36.5 Å². The first-order valence-corrected chi connectivity index (χ1v) is 9.88. The molecule has 1 rings (SSSR count). The second-order valence-electron chi connectivity index (χ2n) is 8.64. The van der Waals surface area contributed by atoms with Gasteiger partial charge in [0.15, 0.2) is 11.5 Å². The van der Waals surface area contributed by atoms with Gasteiger partial charge < -0.3 is 25.1 Å². The number of hydrogen-bond acceptors (Lipinski definition) is 8. The lowest BCUT2D eigenvalue weighted by Crippen LogP contribution is -2.38. The lowest BCUT2D eigenvalue weighted by molar-refractivity contribution is -0.151. The summed E-state index contributed by atoms with van der Waals surface area (Å²) < 4.78 is 15.6. The van der Waals surface area contributed by atoms with Gasteiger partial charge in [0.1, 0.15) is 6.04 Å². The lowest BCUT2D eigenvalue weighted by atomic mass is 9.86. The SMILES string of the molecule is CC(=O)Oc1ccc(C(CC(C)OC(=O)CC(C)(C)C)[C@H](N)C(=O)O)cc1OC(C)=O. The smallest absolute Gasteiger partial charge is 0.321 e. The van der Waals surface area contributed by atoms with Gasteiger partial charge in [0.05, 0.1) is 12.5 Å². The number of carboxylic acid groups (broad SMARTS) is 1. The van der Waals surface area contributed by atoms with Crippen molar-refractivity contribution in [2.45, 2.75) is 72.4 Å².